The van der Waals surface area contributed by atoms with Crippen LogP contribution in [0.25, 0.3) is 0 Å². The van der Waals surface area contributed by atoms with Gasteiger partial charge in [-0.3, -0.25) is 14.9 Å². The number of carbonyl (C=O) groups excluding carboxylic acids is 2. The summed E-state index contributed by atoms with van der Waals surface area (Å²) in [5.41, 5.74) is 2.58. The highest BCUT2D eigenvalue weighted by Crippen LogP contribution is 2.38. The fourth-order valence-corrected chi connectivity index (χ4v) is 4.99. The summed E-state index contributed by atoms with van der Waals surface area (Å²) in [6.45, 7) is 0.650. The van der Waals surface area contributed by atoms with Gasteiger partial charge < -0.3 is 5.32 Å². The molecule has 2 amide bonds. The summed E-state index contributed by atoms with van der Waals surface area (Å²) >= 11 is 1.33. The van der Waals surface area contributed by atoms with Crippen LogP contribution in [0.3, 0.4) is 0 Å². The molecule has 1 heterocycles. The van der Waals surface area contributed by atoms with Crippen molar-refractivity contribution in [3.05, 3.63) is 82.9 Å². The third kappa shape index (κ3) is 5.39. The number of hydrogen-bond donors (Lipinski definition) is 2. The Labute approximate surface area is 186 Å². The fraction of sp³-hybridized carbons (Fsp3) is 0.320. The Balaban J connectivity index is 1.34. The van der Waals surface area contributed by atoms with Gasteiger partial charge in [0.2, 0.25) is 5.91 Å². The molecule has 0 bridgehead atoms. The largest absolute Gasteiger partial charge is 0.355 e. The summed E-state index contributed by atoms with van der Waals surface area (Å²) in [6.07, 6.45) is 6.07. The third-order valence-corrected chi connectivity index (χ3v) is 6.78. The van der Waals surface area contributed by atoms with Crippen molar-refractivity contribution in [2.24, 2.45) is 0 Å². The van der Waals surface area contributed by atoms with Crippen molar-refractivity contribution in [1.82, 2.24) is 10.3 Å². The molecular formula is C25H27N3O2S. The number of hydrogen-bond acceptors (Lipinski definition) is 4. The average Bonchev–Trinajstić information content (AvgIpc) is 3.26. The molecule has 1 aliphatic rings. The number of thiazole rings is 1. The second-order valence-electron chi connectivity index (χ2n) is 8.12. The smallest absolute Gasteiger partial charge is 0.257 e. The molecule has 2 N–H and O–H groups in total. The summed E-state index contributed by atoms with van der Waals surface area (Å²) < 4.78 is 0. The van der Waals surface area contributed by atoms with E-state index in [2.05, 4.69) is 39.9 Å². The van der Waals surface area contributed by atoms with Gasteiger partial charge in [0, 0.05) is 22.9 Å². The molecule has 5 nitrogen and oxygen atoms in total. The fourth-order valence-electron chi connectivity index (χ4n) is 4.29. The topological polar surface area (TPSA) is 71.1 Å². The van der Waals surface area contributed by atoms with E-state index in [4.69, 9.17) is 0 Å². The number of anilines is 1. The Morgan fingerprint density at radius 2 is 1.61 bits per heavy atom. The van der Waals surface area contributed by atoms with E-state index in [-0.39, 0.29) is 23.7 Å². The standard InChI is InChI=1S/C25H27N3O2S/c29-22(26-18-25(14-8-3-9-15-25)20-12-6-2-7-13-20)16-21-17-31-24(27-21)28-23(30)19-10-4-1-5-11-19/h1-2,4-7,10-13,17H,3,8-9,14-16,18H2,(H,26,29)(H,27,28,30). The van der Waals surface area contributed by atoms with E-state index in [1.165, 1.54) is 36.2 Å². The summed E-state index contributed by atoms with van der Waals surface area (Å²) in [6, 6.07) is 19.6. The lowest BCUT2D eigenvalue weighted by Crippen LogP contribution is -2.42. The molecule has 0 saturated heterocycles. The van der Waals surface area contributed by atoms with Gasteiger partial charge in [-0.05, 0) is 30.5 Å². The van der Waals surface area contributed by atoms with Crippen molar-refractivity contribution >= 4 is 28.3 Å². The third-order valence-electron chi connectivity index (χ3n) is 5.97. The Morgan fingerprint density at radius 1 is 0.935 bits per heavy atom. The van der Waals surface area contributed by atoms with Crippen LogP contribution in [-0.2, 0) is 16.6 Å². The lowest BCUT2D eigenvalue weighted by atomic mass is 9.69. The zero-order chi connectivity index (χ0) is 21.5. The van der Waals surface area contributed by atoms with Crippen LogP contribution >= 0.6 is 11.3 Å². The molecule has 0 atom stereocenters. The van der Waals surface area contributed by atoms with E-state index in [0.717, 1.165) is 12.8 Å². The monoisotopic (exact) mass is 433 g/mol. The number of amides is 2. The molecule has 0 unspecified atom stereocenters. The van der Waals surface area contributed by atoms with E-state index < -0.39 is 0 Å². The van der Waals surface area contributed by atoms with Gasteiger partial charge in [0.15, 0.2) is 5.13 Å². The van der Waals surface area contributed by atoms with Crippen LogP contribution in [0.5, 0.6) is 0 Å². The van der Waals surface area contributed by atoms with E-state index in [1.807, 2.05) is 29.6 Å². The highest BCUT2D eigenvalue weighted by molar-refractivity contribution is 7.14. The van der Waals surface area contributed by atoms with Crippen LogP contribution in [0.1, 0.15) is 53.7 Å². The van der Waals surface area contributed by atoms with Crippen LogP contribution in [0.2, 0.25) is 0 Å². The zero-order valence-corrected chi connectivity index (χ0v) is 18.3. The average molecular weight is 434 g/mol. The molecule has 0 spiro atoms. The van der Waals surface area contributed by atoms with Crippen LogP contribution < -0.4 is 10.6 Å². The predicted octanol–water partition coefficient (Wildman–Crippen LogP) is 4.96. The van der Waals surface area contributed by atoms with Gasteiger partial charge in [-0.1, -0.05) is 67.8 Å². The van der Waals surface area contributed by atoms with Crippen molar-refractivity contribution in [2.45, 2.75) is 43.9 Å². The van der Waals surface area contributed by atoms with Crippen LogP contribution in [-0.4, -0.2) is 23.3 Å². The summed E-state index contributed by atoms with van der Waals surface area (Å²) in [5, 5.41) is 8.29. The first-order chi connectivity index (χ1) is 15.1. The van der Waals surface area contributed by atoms with Gasteiger partial charge in [-0.2, -0.15) is 0 Å². The lowest BCUT2D eigenvalue weighted by Gasteiger charge is -2.38. The van der Waals surface area contributed by atoms with E-state index in [1.54, 1.807) is 12.1 Å². The second-order valence-corrected chi connectivity index (χ2v) is 8.98. The van der Waals surface area contributed by atoms with Crippen LogP contribution in [0.15, 0.2) is 66.0 Å². The molecule has 31 heavy (non-hydrogen) atoms. The number of nitrogens with one attached hydrogen (secondary N) is 2. The number of benzene rings is 2. The van der Waals surface area contributed by atoms with Gasteiger partial charge in [0.1, 0.15) is 0 Å². The SMILES string of the molecule is O=C(Cc1csc(NC(=O)c2ccccc2)n1)NCC1(c2ccccc2)CCCCC1. The van der Waals surface area contributed by atoms with E-state index >= 15 is 0 Å². The first-order valence-electron chi connectivity index (χ1n) is 10.8. The molecule has 6 heteroatoms. The normalized spacial score (nSPS) is 15.2. The minimum absolute atomic E-state index is 0.0199. The number of nitrogens with zero attached hydrogens (tertiary/aromatic N) is 1. The number of carbonyl (C=O) groups is 2. The zero-order valence-electron chi connectivity index (χ0n) is 17.5. The van der Waals surface area contributed by atoms with Crippen molar-refractivity contribution in [3.63, 3.8) is 0 Å². The molecule has 0 aliphatic heterocycles. The van der Waals surface area contributed by atoms with E-state index in [0.29, 0.717) is 22.9 Å². The number of aromatic nitrogens is 1. The molecule has 160 valence electrons. The second kappa shape index (κ2) is 9.88. The highest BCUT2D eigenvalue weighted by Gasteiger charge is 2.34. The molecule has 1 saturated carbocycles. The van der Waals surface area contributed by atoms with Gasteiger partial charge in [0.25, 0.3) is 5.91 Å². The maximum absolute atomic E-state index is 12.6. The molecule has 4 rings (SSSR count). The van der Waals surface area contributed by atoms with Gasteiger partial charge in [-0.25, -0.2) is 4.98 Å². The molecule has 0 radical (unpaired) electrons. The van der Waals surface area contributed by atoms with Crippen LogP contribution in [0, 0.1) is 0 Å². The molecule has 3 aromatic rings. The minimum Gasteiger partial charge on any atom is -0.355 e. The predicted molar refractivity (Wildman–Crippen MR) is 124 cm³/mol. The van der Waals surface area contributed by atoms with Gasteiger partial charge in [-0.15, -0.1) is 11.3 Å². The maximum atomic E-state index is 12.6. The van der Waals surface area contributed by atoms with Crippen molar-refractivity contribution in [2.75, 3.05) is 11.9 Å². The summed E-state index contributed by atoms with van der Waals surface area (Å²) in [5.74, 6) is -0.236. The Kier molecular flexibility index (Phi) is 6.77. The molecule has 1 aliphatic carbocycles. The molecular weight excluding hydrogens is 406 g/mol. The number of rotatable bonds is 7. The Bertz CT molecular complexity index is 1010. The summed E-state index contributed by atoms with van der Waals surface area (Å²) in [4.78, 5) is 29.3. The van der Waals surface area contributed by atoms with E-state index in [9.17, 15) is 9.59 Å². The van der Waals surface area contributed by atoms with Gasteiger partial charge >= 0.3 is 0 Å². The maximum Gasteiger partial charge on any atom is 0.257 e. The first-order valence-corrected chi connectivity index (χ1v) is 11.7. The highest BCUT2D eigenvalue weighted by atomic mass is 32.1. The minimum atomic E-state index is -0.201. The molecule has 1 aromatic heterocycles. The van der Waals surface area contributed by atoms with Crippen LogP contribution in [0.4, 0.5) is 5.13 Å². The molecule has 2 aromatic carbocycles. The molecule has 1 fully saturated rings. The quantitative estimate of drug-likeness (QED) is 0.553. The summed E-state index contributed by atoms with van der Waals surface area (Å²) in [7, 11) is 0. The Hall–Kier alpha value is -2.99. The first kappa shape index (κ1) is 21.2. The van der Waals surface area contributed by atoms with Crippen molar-refractivity contribution < 1.29 is 9.59 Å². The Morgan fingerprint density at radius 3 is 2.32 bits per heavy atom. The van der Waals surface area contributed by atoms with Gasteiger partial charge in [0.05, 0.1) is 12.1 Å². The lowest BCUT2D eigenvalue weighted by molar-refractivity contribution is -0.120. The van der Waals surface area contributed by atoms with Crippen molar-refractivity contribution in [1.29, 1.82) is 0 Å². The van der Waals surface area contributed by atoms with Crippen molar-refractivity contribution in [3.8, 4) is 0 Å².